The van der Waals surface area contributed by atoms with E-state index in [1.54, 1.807) is 30.3 Å². The molecule has 0 saturated heterocycles. The molecule has 108 valence electrons. The second-order valence-corrected chi connectivity index (χ2v) is 4.96. The summed E-state index contributed by atoms with van der Waals surface area (Å²) in [5, 5.41) is 8.45. The summed E-state index contributed by atoms with van der Waals surface area (Å²) in [6.45, 7) is 0. The molecule has 4 nitrogen and oxygen atoms in total. The number of hydrogen-bond acceptors (Lipinski definition) is 4. The zero-order valence-electron chi connectivity index (χ0n) is 11.4. The van der Waals surface area contributed by atoms with Crippen molar-refractivity contribution in [3.05, 3.63) is 77.3 Å². The largest absolute Gasteiger partial charge is 0.402 e. The monoisotopic (exact) mass is 310 g/mol. The Balaban J connectivity index is 1.75. The molecule has 0 radical (unpaired) electrons. The first-order valence-corrected chi connectivity index (χ1v) is 6.97. The van der Waals surface area contributed by atoms with Crippen LogP contribution in [0.3, 0.4) is 0 Å². The van der Waals surface area contributed by atoms with E-state index in [2.05, 4.69) is 10.2 Å². The van der Waals surface area contributed by atoms with Gasteiger partial charge < -0.3 is 4.74 Å². The van der Waals surface area contributed by atoms with Crippen LogP contribution >= 0.6 is 11.6 Å². The van der Waals surface area contributed by atoms with Crippen molar-refractivity contribution in [2.75, 3.05) is 0 Å². The number of carbonyl (C=O) groups excluding carboxylic acids is 1. The van der Waals surface area contributed by atoms with Crippen LogP contribution in [-0.2, 0) is 0 Å². The molecule has 0 fully saturated rings. The third-order valence-corrected chi connectivity index (χ3v) is 3.20. The zero-order valence-corrected chi connectivity index (χ0v) is 12.2. The van der Waals surface area contributed by atoms with Crippen molar-refractivity contribution in [2.45, 2.75) is 0 Å². The minimum Gasteiger partial charge on any atom is -0.402 e. The van der Waals surface area contributed by atoms with Crippen LogP contribution in [0.1, 0.15) is 10.4 Å². The predicted molar refractivity (Wildman–Crippen MR) is 83.9 cm³/mol. The summed E-state index contributed by atoms with van der Waals surface area (Å²) in [7, 11) is 0. The lowest BCUT2D eigenvalue weighted by atomic mass is 10.1. The molecule has 0 atom stereocenters. The Kier molecular flexibility index (Phi) is 4.12. The highest BCUT2D eigenvalue weighted by atomic mass is 35.5. The molecule has 0 aliphatic rings. The van der Waals surface area contributed by atoms with E-state index in [-0.39, 0.29) is 5.88 Å². The van der Waals surface area contributed by atoms with Gasteiger partial charge in [-0.3, -0.25) is 0 Å². The third-order valence-electron chi connectivity index (χ3n) is 2.97. The van der Waals surface area contributed by atoms with Crippen LogP contribution in [-0.4, -0.2) is 16.2 Å². The first-order chi connectivity index (χ1) is 10.7. The lowest BCUT2D eigenvalue weighted by Gasteiger charge is -2.04. The molecule has 0 amide bonds. The molecule has 3 rings (SSSR count). The van der Waals surface area contributed by atoms with Gasteiger partial charge in [0, 0.05) is 16.7 Å². The number of esters is 1. The van der Waals surface area contributed by atoms with Gasteiger partial charge in [-0.25, -0.2) is 4.79 Å². The highest BCUT2D eigenvalue weighted by Crippen LogP contribution is 2.18. The predicted octanol–water partition coefficient (Wildman–Crippen LogP) is 4.02. The minimum atomic E-state index is -0.524. The molecule has 0 saturated carbocycles. The molecule has 0 unspecified atom stereocenters. The van der Waals surface area contributed by atoms with Crippen molar-refractivity contribution in [1.29, 1.82) is 0 Å². The van der Waals surface area contributed by atoms with Gasteiger partial charge in [0.15, 0.2) is 0 Å². The van der Waals surface area contributed by atoms with Gasteiger partial charge >= 0.3 is 5.97 Å². The van der Waals surface area contributed by atoms with Crippen LogP contribution in [0.2, 0.25) is 5.02 Å². The Morgan fingerprint density at radius 3 is 2.41 bits per heavy atom. The first kappa shape index (κ1) is 14.2. The van der Waals surface area contributed by atoms with Crippen molar-refractivity contribution in [3.8, 4) is 17.1 Å². The highest BCUT2D eigenvalue weighted by molar-refractivity contribution is 6.30. The number of rotatable bonds is 3. The van der Waals surface area contributed by atoms with Crippen molar-refractivity contribution in [2.24, 2.45) is 0 Å². The molecule has 22 heavy (non-hydrogen) atoms. The summed E-state index contributed by atoms with van der Waals surface area (Å²) < 4.78 is 5.18. The standard InChI is InChI=1S/C17H11ClN2O2/c18-14-8-4-7-13(11-14)17(21)22-16-10-9-15(19-20-16)12-5-2-1-3-6-12/h1-11H. The Morgan fingerprint density at radius 2 is 1.73 bits per heavy atom. The van der Waals surface area contributed by atoms with E-state index in [1.807, 2.05) is 30.3 Å². The quantitative estimate of drug-likeness (QED) is 0.686. The van der Waals surface area contributed by atoms with E-state index in [9.17, 15) is 4.79 Å². The summed E-state index contributed by atoms with van der Waals surface area (Å²) in [5.41, 5.74) is 2.02. The molecule has 2 aromatic carbocycles. The van der Waals surface area contributed by atoms with Gasteiger partial charge in [0.1, 0.15) is 0 Å². The van der Waals surface area contributed by atoms with Crippen LogP contribution in [0, 0.1) is 0 Å². The number of aromatic nitrogens is 2. The van der Waals surface area contributed by atoms with Gasteiger partial charge in [0.25, 0.3) is 0 Å². The van der Waals surface area contributed by atoms with Crippen LogP contribution in [0.5, 0.6) is 5.88 Å². The van der Waals surface area contributed by atoms with Gasteiger partial charge in [-0.05, 0) is 24.3 Å². The van der Waals surface area contributed by atoms with Crippen molar-refractivity contribution < 1.29 is 9.53 Å². The molecule has 0 N–H and O–H groups in total. The number of halogens is 1. The summed E-state index contributed by atoms with van der Waals surface area (Å²) >= 11 is 5.84. The zero-order chi connectivity index (χ0) is 15.4. The van der Waals surface area contributed by atoms with E-state index >= 15 is 0 Å². The average Bonchev–Trinajstić information content (AvgIpc) is 2.56. The summed E-state index contributed by atoms with van der Waals surface area (Å²) in [4.78, 5) is 12.0. The van der Waals surface area contributed by atoms with E-state index in [4.69, 9.17) is 16.3 Å². The van der Waals surface area contributed by atoms with Crippen LogP contribution in [0.15, 0.2) is 66.7 Å². The van der Waals surface area contributed by atoms with Gasteiger partial charge in [0.05, 0.1) is 11.3 Å². The molecule has 3 aromatic rings. The van der Waals surface area contributed by atoms with Gasteiger partial charge in [-0.15, -0.1) is 10.2 Å². The van der Waals surface area contributed by atoms with E-state index in [0.717, 1.165) is 5.56 Å². The normalized spacial score (nSPS) is 10.2. The Labute approximate surface area is 132 Å². The number of hydrogen-bond donors (Lipinski definition) is 0. The maximum atomic E-state index is 12.0. The fourth-order valence-electron chi connectivity index (χ4n) is 1.91. The highest BCUT2D eigenvalue weighted by Gasteiger charge is 2.10. The molecule has 0 aliphatic heterocycles. The van der Waals surface area contributed by atoms with Crippen LogP contribution in [0.4, 0.5) is 0 Å². The van der Waals surface area contributed by atoms with E-state index < -0.39 is 5.97 Å². The summed E-state index contributed by atoms with van der Waals surface area (Å²) in [6.07, 6.45) is 0. The number of nitrogens with zero attached hydrogens (tertiary/aromatic N) is 2. The molecule has 0 spiro atoms. The van der Waals surface area contributed by atoms with Crippen LogP contribution < -0.4 is 4.74 Å². The lowest BCUT2D eigenvalue weighted by Crippen LogP contribution is -2.09. The van der Waals surface area contributed by atoms with Crippen molar-refractivity contribution in [3.63, 3.8) is 0 Å². The second kappa shape index (κ2) is 6.37. The van der Waals surface area contributed by atoms with Gasteiger partial charge in [-0.2, -0.15) is 0 Å². The maximum absolute atomic E-state index is 12.0. The Morgan fingerprint density at radius 1 is 0.909 bits per heavy atom. The van der Waals surface area contributed by atoms with Crippen molar-refractivity contribution in [1.82, 2.24) is 10.2 Å². The topological polar surface area (TPSA) is 52.1 Å². The summed E-state index contributed by atoms with van der Waals surface area (Å²) in [5.74, 6) is -0.381. The van der Waals surface area contributed by atoms with Crippen LogP contribution in [0.25, 0.3) is 11.3 Å². The van der Waals surface area contributed by atoms with Gasteiger partial charge in [0.2, 0.25) is 5.88 Å². The molecule has 0 aliphatic carbocycles. The van der Waals surface area contributed by atoms with Crippen molar-refractivity contribution >= 4 is 17.6 Å². The molecule has 0 bridgehead atoms. The smallest absolute Gasteiger partial charge is 0.344 e. The molecule has 1 aromatic heterocycles. The molecule has 1 heterocycles. The Hall–Kier alpha value is -2.72. The molecular weight excluding hydrogens is 300 g/mol. The summed E-state index contributed by atoms with van der Waals surface area (Å²) in [6, 6.07) is 19.5. The molecular formula is C17H11ClN2O2. The third kappa shape index (κ3) is 3.30. The van der Waals surface area contributed by atoms with Gasteiger partial charge in [-0.1, -0.05) is 48.0 Å². The number of carbonyl (C=O) groups is 1. The van der Waals surface area contributed by atoms with E-state index in [1.165, 1.54) is 6.07 Å². The number of ether oxygens (including phenoxy) is 1. The maximum Gasteiger partial charge on any atom is 0.344 e. The SMILES string of the molecule is O=C(Oc1ccc(-c2ccccc2)nn1)c1cccc(Cl)c1. The number of benzene rings is 2. The molecule has 5 heteroatoms. The Bertz CT molecular complexity index is 789. The fraction of sp³-hybridized carbons (Fsp3) is 0. The first-order valence-electron chi connectivity index (χ1n) is 6.59. The van der Waals surface area contributed by atoms with E-state index in [0.29, 0.717) is 16.3 Å². The average molecular weight is 311 g/mol. The fourth-order valence-corrected chi connectivity index (χ4v) is 2.10. The minimum absolute atomic E-state index is 0.143. The lowest BCUT2D eigenvalue weighted by molar-refractivity contribution is 0.0726. The second-order valence-electron chi connectivity index (χ2n) is 4.52.